The molecule has 96 valence electrons. The molecule has 1 fully saturated rings. The molecule has 0 aliphatic carbocycles. The second-order valence-corrected chi connectivity index (χ2v) is 5.61. The highest BCUT2D eigenvalue weighted by molar-refractivity contribution is 7.86. The highest BCUT2D eigenvalue weighted by atomic mass is 32.2. The summed E-state index contributed by atoms with van der Waals surface area (Å²) in [5.41, 5.74) is 0. The van der Waals surface area contributed by atoms with Crippen molar-refractivity contribution in [3.8, 4) is 0 Å². The van der Waals surface area contributed by atoms with E-state index in [2.05, 4.69) is 0 Å². The van der Waals surface area contributed by atoms with Crippen LogP contribution in [0.1, 0.15) is 20.3 Å². The molecule has 1 unspecified atom stereocenters. The number of carbonyl (C=O) groups is 1. The van der Waals surface area contributed by atoms with Crippen molar-refractivity contribution in [2.24, 2.45) is 5.92 Å². The minimum Gasteiger partial charge on any atom is -0.481 e. The van der Waals surface area contributed by atoms with Gasteiger partial charge in [0.25, 0.3) is 10.2 Å². The molecule has 1 atom stereocenters. The smallest absolute Gasteiger partial charge is 0.307 e. The van der Waals surface area contributed by atoms with Crippen LogP contribution in [0.4, 0.5) is 0 Å². The van der Waals surface area contributed by atoms with Crippen molar-refractivity contribution in [2.45, 2.75) is 20.3 Å². The van der Waals surface area contributed by atoms with Crippen LogP contribution in [-0.4, -0.2) is 55.3 Å². The van der Waals surface area contributed by atoms with E-state index in [-0.39, 0.29) is 13.1 Å². The van der Waals surface area contributed by atoms with Gasteiger partial charge in [-0.1, -0.05) is 13.8 Å². The van der Waals surface area contributed by atoms with Gasteiger partial charge in [-0.25, -0.2) is 0 Å². The molecule has 0 amide bonds. The highest BCUT2D eigenvalue weighted by Crippen LogP contribution is 2.20. The van der Waals surface area contributed by atoms with E-state index < -0.39 is 22.1 Å². The first kappa shape index (κ1) is 15.3. The summed E-state index contributed by atoms with van der Waals surface area (Å²) in [7, 11) is -0.572. The molecule has 0 radical (unpaired) electrons. The van der Waals surface area contributed by atoms with Gasteiger partial charge < -0.3 is 5.11 Å². The topological polar surface area (TPSA) is 77.9 Å². The molecule has 16 heavy (non-hydrogen) atoms. The van der Waals surface area contributed by atoms with Gasteiger partial charge in [0.15, 0.2) is 0 Å². The van der Waals surface area contributed by atoms with E-state index in [0.29, 0.717) is 6.42 Å². The molecule has 1 aliphatic rings. The van der Waals surface area contributed by atoms with E-state index in [1.165, 1.54) is 18.4 Å². The molecule has 1 rings (SSSR count). The summed E-state index contributed by atoms with van der Waals surface area (Å²) in [4.78, 5) is 10.6. The fraction of sp³-hybridized carbons (Fsp3) is 0.889. The van der Waals surface area contributed by atoms with Crippen LogP contribution < -0.4 is 0 Å². The minimum absolute atomic E-state index is 0.0792. The zero-order chi connectivity index (χ0) is 12.9. The van der Waals surface area contributed by atoms with Crippen LogP contribution in [0.25, 0.3) is 0 Å². The predicted octanol–water partition coefficient (Wildman–Crippen LogP) is 0.226. The van der Waals surface area contributed by atoms with Crippen LogP contribution in [0.5, 0.6) is 0 Å². The summed E-state index contributed by atoms with van der Waals surface area (Å²) < 4.78 is 25.4. The number of hydrogen-bond acceptors (Lipinski definition) is 3. The number of hydrogen-bond donors (Lipinski definition) is 1. The molecule has 7 heteroatoms. The molecule has 0 aromatic rings. The zero-order valence-corrected chi connectivity index (χ0v) is 11.0. The maximum atomic E-state index is 11.6. The van der Waals surface area contributed by atoms with Gasteiger partial charge in [0.05, 0.1) is 5.92 Å². The number of carboxylic acid groups (broad SMARTS) is 1. The SMILES string of the molecule is CC.CN(C)S(=O)(=O)N1CCC(C(=O)O)C1. The normalized spacial score (nSPS) is 21.7. The van der Waals surface area contributed by atoms with Crippen molar-refractivity contribution in [1.29, 1.82) is 0 Å². The Kier molecular flexibility index (Phi) is 5.91. The first-order valence-electron chi connectivity index (χ1n) is 5.26. The van der Waals surface area contributed by atoms with Gasteiger partial charge >= 0.3 is 5.97 Å². The van der Waals surface area contributed by atoms with Crippen LogP contribution in [0, 0.1) is 5.92 Å². The second-order valence-electron chi connectivity index (χ2n) is 3.47. The molecule has 0 bridgehead atoms. The van der Waals surface area contributed by atoms with E-state index in [1.807, 2.05) is 13.8 Å². The summed E-state index contributed by atoms with van der Waals surface area (Å²) in [6, 6.07) is 0. The van der Waals surface area contributed by atoms with E-state index in [9.17, 15) is 13.2 Å². The Labute approximate surface area is 97.0 Å². The molecule has 0 saturated carbocycles. The standard InChI is InChI=1S/C7H14N2O4S.C2H6/c1-8(2)14(12,13)9-4-3-6(5-9)7(10)11;1-2/h6H,3-5H2,1-2H3,(H,10,11);1-2H3. The predicted molar refractivity (Wildman–Crippen MR) is 61.3 cm³/mol. The van der Waals surface area contributed by atoms with Crippen molar-refractivity contribution in [3.63, 3.8) is 0 Å². The van der Waals surface area contributed by atoms with Crippen LogP contribution >= 0.6 is 0 Å². The lowest BCUT2D eigenvalue weighted by atomic mass is 10.1. The van der Waals surface area contributed by atoms with Crippen LogP contribution in [-0.2, 0) is 15.0 Å². The molecule has 0 aromatic heterocycles. The molecular weight excluding hydrogens is 232 g/mol. The monoisotopic (exact) mass is 252 g/mol. The Morgan fingerprint density at radius 3 is 2.19 bits per heavy atom. The Morgan fingerprint density at radius 2 is 1.88 bits per heavy atom. The van der Waals surface area contributed by atoms with Crippen molar-refractivity contribution in [3.05, 3.63) is 0 Å². The van der Waals surface area contributed by atoms with Crippen LogP contribution in [0.15, 0.2) is 0 Å². The van der Waals surface area contributed by atoms with Gasteiger partial charge in [0.2, 0.25) is 0 Å². The molecule has 1 saturated heterocycles. The third-order valence-corrected chi connectivity index (χ3v) is 4.20. The lowest BCUT2D eigenvalue weighted by molar-refractivity contribution is -0.141. The zero-order valence-electron chi connectivity index (χ0n) is 10.2. The highest BCUT2D eigenvalue weighted by Gasteiger charge is 2.35. The fourth-order valence-corrected chi connectivity index (χ4v) is 2.54. The average molecular weight is 252 g/mol. The maximum absolute atomic E-state index is 11.6. The molecular formula is C9H20N2O4S. The first-order chi connectivity index (χ1) is 7.35. The average Bonchev–Trinajstić information content (AvgIpc) is 2.69. The number of aliphatic carboxylic acids is 1. The largest absolute Gasteiger partial charge is 0.481 e. The van der Waals surface area contributed by atoms with Gasteiger partial charge in [-0.05, 0) is 6.42 Å². The van der Waals surface area contributed by atoms with Crippen LogP contribution in [0.2, 0.25) is 0 Å². The molecule has 1 heterocycles. The number of nitrogens with zero attached hydrogens (tertiary/aromatic N) is 2. The van der Waals surface area contributed by atoms with E-state index in [1.54, 1.807) is 0 Å². The van der Waals surface area contributed by atoms with Gasteiger partial charge in [0.1, 0.15) is 0 Å². The van der Waals surface area contributed by atoms with E-state index in [4.69, 9.17) is 5.11 Å². The molecule has 0 spiro atoms. The quantitative estimate of drug-likeness (QED) is 0.779. The van der Waals surface area contributed by atoms with Gasteiger partial charge in [-0.15, -0.1) is 0 Å². The third-order valence-electron chi connectivity index (χ3n) is 2.29. The van der Waals surface area contributed by atoms with Crippen molar-refractivity contribution >= 4 is 16.2 Å². The fourth-order valence-electron chi connectivity index (χ4n) is 1.37. The summed E-state index contributed by atoms with van der Waals surface area (Å²) in [5.74, 6) is -1.49. The summed E-state index contributed by atoms with van der Waals surface area (Å²) in [6.45, 7) is 4.37. The molecule has 1 aliphatic heterocycles. The Balaban J connectivity index is 0.00000106. The lowest BCUT2D eigenvalue weighted by Crippen LogP contribution is -2.38. The Hall–Kier alpha value is -0.660. The summed E-state index contributed by atoms with van der Waals surface area (Å²) in [6.07, 6.45) is 0.391. The second kappa shape index (κ2) is 6.17. The maximum Gasteiger partial charge on any atom is 0.307 e. The summed E-state index contributed by atoms with van der Waals surface area (Å²) >= 11 is 0. The van der Waals surface area contributed by atoms with Gasteiger partial charge in [0, 0.05) is 27.2 Å². The Morgan fingerprint density at radius 1 is 1.38 bits per heavy atom. The first-order valence-corrected chi connectivity index (χ1v) is 6.66. The van der Waals surface area contributed by atoms with Crippen molar-refractivity contribution in [1.82, 2.24) is 8.61 Å². The summed E-state index contributed by atoms with van der Waals surface area (Å²) in [5, 5.41) is 8.70. The molecule has 1 N–H and O–H groups in total. The lowest BCUT2D eigenvalue weighted by Gasteiger charge is -2.20. The number of rotatable bonds is 3. The molecule has 6 nitrogen and oxygen atoms in total. The Bertz CT molecular complexity index is 326. The van der Waals surface area contributed by atoms with Gasteiger partial charge in [-0.3, -0.25) is 4.79 Å². The molecule has 0 aromatic carbocycles. The van der Waals surface area contributed by atoms with Crippen molar-refractivity contribution < 1.29 is 18.3 Å². The number of carboxylic acids is 1. The van der Waals surface area contributed by atoms with Crippen LogP contribution in [0.3, 0.4) is 0 Å². The van der Waals surface area contributed by atoms with Gasteiger partial charge in [-0.2, -0.15) is 17.0 Å². The third kappa shape index (κ3) is 3.43. The minimum atomic E-state index is -3.44. The van der Waals surface area contributed by atoms with Crippen molar-refractivity contribution in [2.75, 3.05) is 27.2 Å². The van der Waals surface area contributed by atoms with E-state index >= 15 is 0 Å². The van der Waals surface area contributed by atoms with E-state index in [0.717, 1.165) is 4.31 Å².